The molecule has 0 aliphatic carbocycles. The fraction of sp³-hybridized carbons (Fsp3) is 0.952. The highest BCUT2D eigenvalue weighted by molar-refractivity contribution is 5.71. The van der Waals surface area contributed by atoms with Crippen molar-refractivity contribution in [1.82, 2.24) is 0 Å². The molecule has 0 aliphatic heterocycles. The Kier molecular flexibility index (Phi) is 57.6. The Morgan fingerprint density at radius 3 is 0.580 bits per heavy atom. The number of carbonyl (C=O) groups is 3. The van der Waals surface area contributed by atoms with Gasteiger partial charge in [-0.3, -0.25) is 14.4 Å². The van der Waals surface area contributed by atoms with Crippen molar-refractivity contribution >= 4 is 17.9 Å². The van der Waals surface area contributed by atoms with Gasteiger partial charge in [-0.1, -0.05) is 329 Å². The number of hydrogen-bond donors (Lipinski definition) is 0. The first-order valence-corrected chi connectivity index (χ1v) is 31.5. The first-order valence-electron chi connectivity index (χ1n) is 31.5. The number of unbranched alkanes of at least 4 members (excludes halogenated alkanes) is 48. The fourth-order valence-corrected chi connectivity index (χ4v) is 9.86. The minimum absolute atomic E-state index is 0.0608. The van der Waals surface area contributed by atoms with Gasteiger partial charge >= 0.3 is 17.9 Å². The van der Waals surface area contributed by atoms with Crippen LogP contribution in [0, 0.1) is 0 Å². The van der Waals surface area contributed by atoms with Gasteiger partial charge in [-0.05, 0) is 19.3 Å². The zero-order chi connectivity index (χ0) is 50.0. The van der Waals surface area contributed by atoms with E-state index in [-0.39, 0.29) is 31.1 Å². The normalized spacial score (nSPS) is 11.9. The molecule has 0 N–H and O–H groups in total. The Morgan fingerprint density at radius 1 is 0.232 bits per heavy atom. The summed E-state index contributed by atoms with van der Waals surface area (Å²) in [6, 6.07) is 0. The number of esters is 3. The van der Waals surface area contributed by atoms with Crippen LogP contribution in [-0.2, 0) is 28.6 Å². The van der Waals surface area contributed by atoms with Crippen LogP contribution in [0.5, 0.6) is 0 Å². The summed E-state index contributed by atoms with van der Waals surface area (Å²) in [7, 11) is 0. The molecule has 0 aromatic rings. The third kappa shape index (κ3) is 57.2. The van der Waals surface area contributed by atoms with E-state index in [0.29, 0.717) is 19.3 Å². The van der Waals surface area contributed by atoms with Crippen LogP contribution in [0.3, 0.4) is 0 Å². The van der Waals surface area contributed by atoms with Crippen molar-refractivity contribution in [3.63, 3.8) is 0 Å². The van der Waals surface area contributed by atoms with Crippen molar-refractivity contribution in [1.29, 1.82) is 0 Å². The first kappa shape index (κ1) is 67.4. The minimum Gasteiger partial charge on any atom is -0.462 e. The summed E-state index contributed by atoms with van der Waals surface area (Å²) in [6.07, 6.45) is 66.8. The summed E-state index contributed by atoms with van der Waals surface area (Å²) in [4.78, 5) is 38.2. The van der Waals surface area contributed by atoms with E-state index in [1.54, 1.807) is 0 Å². The average Bonchev–Trinajstić information content (AvgIpc) is 3.35. The zero-order valence-corrected chi connectivity index (χ0v) is 47.1. The number of carbonyl (C=O) groups excluding carboxylic acids is 3. The predicted octanol–water partition coefficient (Wildman–Crippen LogP) is 21.1. The lowest BCUT2D eigenvalue weighted by Gasteiger charge is -2.18. The predicted molar refractivity (Wildman–Crippen MR) is 298 cm³/mol. The van der Waals surface area contributed by atoms with Gasteiger partial charge in [0, 0.05) is 19.3 Å². The topological polar surface area (TPSA) is 78.9 Å². The van der Waals surface area contributed by atoms with Crippen LogP contribution in [0.1, 0.15) is 367 Å². The highest BCUT2D eigenvalue weighted by atomic mass is 16.6. The summed E-state index contributed by atoms with van der Waals surface area (Å²) >= 11 is 0. The van der Waals surface area contributed by atoms with E-state index < -0.39 is 6.10 Å². The van der Waals surface area contributed by atoms with E-state index in [1.165, 1.54) is 270 Å². The lowest BCUT2D eigenvalue weighted by molar-refractivity contribution is -0.167. The standard InChI is InChI=1S/C63H122O6/c1-4-7-10-13-16-19-22-25-27-28-29-30-31-32-33-34-35-36-39-41-44-47-50-53-56-62(65)68-59-60(58-67-61(64)55-52-49-46-43-40-37-24-21-18-15-12-9-6-3)69-63(66)57-54-51-48-45-42-38-26-23-20-17-14-11-8-5-2/h60H,4-59H2,1-3H3. The van der Waals surface area contributed by atoms with Crippen molar-refractivity contribution in [3.05, 3.63) is 0 Å². The lowest BCUT2D eigenvalue weighted by Crippen LogP contribution is -2.30. The molecule has 410 valence electrons. The van der Waals surface area contributed by atoms with E-state index in [9.17, 15) is 14.4 Å². The molecule has 0 saturated heterocycles. The van der Waals surface area contributed by atoms with Crippen molar-refractivity contribution in [3.8, 4) is 0 Å². The van der Waals surface area contributed by atoms with Crippen molar-refractivity contribution in [2.75, 3.05) is 13.2 Å². The van der Waals surface area contributed by atoms with Crippen LogP contribution in [0.15, 0.2) is 0 Å². The first-order chi connectivity index (χ1) is 34.0. The van der Waals surface area contributed by atoms with Gasteiger partial charge in [0.2, 0.25) is 0 Å². The quantitative estimate of drug-likeness (QED) is 0.0343. The molecule has 6 nitrogen and oxygen atoms in total. The molecule has 0 amide bonds. The molecule has 0 aromatic heterocycles. The van der Waals surface area contributed by atoms with Gasteiger partial charge in [0.25, 0.3) is 0 Å². The smallest absolute Gasteiger partial charge is 0.306 e. The van der Waals surface area contributed by atoms with Gasteiger partial charge in [0.15, 0.2) is 6.10 Å². The van der Waals surface area contributed by atoms with Gasteiger partial charge in [0.05, 0.1) is 0 Å². The molecule has 1 atom stereocenters. The van der Waals surface area contributed by atoms with Crippen LogP contribution in [0.25, 0.3) is 0 Å². The van der Waals surface area contributed by atoms with Crippen molar-refractivity contribution < 1.29 is 28.6 Å². The van der Waals surface area contributed by atoms with Crippen molar-refractivity contribution in [2.24, 2.45) is 0 Å². The molecule has 1 unspecified atom stereocenters. The van der Waals surface area contributed by atoms with Gasteiger partial charge in [0.1, 0.15) is 13.2 Å². The molecular formula is C63H122O6. The number of hydrogen-bond acceptors (Lipinski definition) is 6. The Morgan fingerprint density at radius 2 is 0.391 bits per heavy atom. The molecule has 0 aromatic carbocycles. The third-order valence-electron chi connectivity index (χ3n) is 14.6. The summed E-state index contributed by atoms with van der Waals surface area (Å²) in [5.74, 6) is -0.828. The SMILES string of the molecule is CCCCCCCCCCCCCCCCCCCCCCCCCCC(=O)OCC(COC(=O)CCCCCCCCCCCCCCC)OC(=O)CCCCCCCCCCCCCCCC. The van der Waals surface area contributed by atoms with Gasteiger partial charge in [-0.15, -0.1) is 0 Å². The van der Waals surface area contributed by atoms with E-state index >= 15 is 0 Å². The maximum Gasteiger partial charge on any atom is 0.306 e. The van der Waals surface area contributed by atoms with Crippen LogP contribution in [0.2, 0.25) is 0 Å². The summed E-state index contributed by atoms with van der Waals surface area (Å²) in [5, 5.41) is 0. The second-order valence-corrected chi connectivity index (χ2v) is 21.7. The summed E-state index contributed by atoms with van der Waals surface area (Å²) in [5.41, 5.74) is 0. The zero-order valence-electron chi connectivity index (χ0n) is 47.1. The molecule has 0 radical (unpaired) electrons. The number of rotatable bonds is 59. The van der Waals surface area contributed by atoms with Gasteiger partial charge < -0.3 is 14.2 Å². The summed E-state index contributed by atoms with van der Waals surface area (Å²) < 4.78 is 16.9. The van der Waals surface area contributed by atoms with Gasteiger partial charge in [-0.25, -0.2) is 0 Å². The molecule has 0 spiro atoms. The molecule has 0 heterocycles. The second-order valence-electron chi connectivity index (χ2n) is 21.7. The summed E-state index contributed by atoms with van der Waals surface area (Å²) in [6.45, 7) is 6.72. The second kappa shape index (κ2) is 59.0. The van der Waals surface area contributed by atoms with E-state index in [1.807, 2.05) is 0 Å². The molecule has 69 heavy (non-hydrogen) atoms. The highest BCUT2D eigenvalue weighted by Crippen LogP contribution is 2.18. The average molecular weight is 976 g/mol. The van der Waals surface area contributed by atoms with Crippen LogP contribution < -0.4 is 0 Å². The molecular weight excluding hydrogens is 853 g/mol. The maximum atomic E-state index is 12.9. The molecule has 0 fully saturated rings. The van der Waals surface area contributed by atoms with Crippen LogP contribution in [-0.4, -0.2) is 37.2 Å². The van der Waals surface area contributed by atoms with E-state index in [2.05, 4.69) is 20.8 Å². The molecule has 0 saturated carbocycles. The van der Waals surface area contributed by atoms with E-state index in [0.717, 1.165) is 57.8 Å². The van der Waals surface area contributed by atoms with Crippen LogP contribution in [0.4, 0.5) is 0 Å². The Hall–Kier alpha value is -1.59. The number of ether oxygens (including phenoxy) is 3. The maximum absolute atomic E-state index is 12.9. The largest absolute Gasteiger partial charge is 0.462 e. The Labute approximate surface area is 431 Å². The monoisotopic (exact) mass is 975 g/mol. The lowest BCUT2D eigenvalue weighted by atomic mass is 10.0. The third-order valence-corrected chi connectivity index (χ3v) is 14.6. The molecule has 6 heteroatoms. The fourth-order valence-electron chi connectivity index (χ4n) is 9.86. The molecule has 0 aliphatic rings. The highest BCUT2D eigenvalue weighted by Gasteiger charge is 2.19. The van der Waals surface area contributed by atoms with Crippen molar-refractivity contribution in [2.45, 2.75) is 374 Å². The molecule has 0 rings (SSSR count). The van der Waals surface area contributed by atoms with E-state index in [4.69, 9.17) is 14.2 Å². The van der Waals surface area contributed by atoms with Crippen LogP contribution >= 0.6 is 0 Å². The molecule has 0 bridgehead atoms. The Balaban J connectivity index is 4.18. The Bertz CT molecular complexity index is 1030. The van der Waals surface area contributed by atoms with Gasteiger partial charge in [-0.2, -0.15) is 0 Å². The minimum atomic E-state index is -0.761.